The summed E-state index contributed by atoms with van der Waals surface area (Å²) in [5.41, 5.74) is 5.35. The molecule has 1 heterocycles. The van der Waals surface area contributed by atoms with Gasteiger partial charge in [-0.25, -0.2) is 0 Å². The van der Waals surface area contributed by atoms with Crippen LogP contribution in [0.25, 0.3) is 0 Å². The summed E-state index contributed by atoms with van der Waals surface area (Å²) in [5.74, 6) is 0. The van der Waals surface area contributed by atoms with Crippen LogP contribution < -0.4 is 0 Å². The smallest absolute Gasteiger partial charge is 0.0665 e. The Morgan fingerprint density at radius 3 is 2.47 bits per heavy atom. The van der Waals surface area contributed by atoms with Gasteiger partial charge >= 0.3 is 0 Å². The van der Waals surface area contributed by atoms with E-state index >= 15 is 0 Å². The standard InChI is InChI=1S/C12H15N.C2H6/c1-3-9-5-6-12-10(7-9)8-11(4-2)13-12;1-2/h5-7H,3-4,8H2,1-2H3;1-2H3. The lowest BCUT2D eigenvalue weighted by Crippen LogP contribution is -1.94. The highest BCUT2D eigenvalue weighted by atomic mass is 14.8. The van der Waals surface area contributed by atoms with Crippen molar-refractivity contribution in [3.63, 3.8) is 0 Å². The van der Waals surface area contributed by atoms with Crippen molar-refractivity contribution in [2.24, 2.45) is 4.99 Å². The van der Waals surface area contributed by atoms with Crippen LogP contribution in [0.15, 0.2) is 23.2 Å². The average molecular weight is 203 g/mol. The number of hydrogen-bond donors (Lipinski definition) is 0. The minimum atomic E-state index is 1.07. The zero-order valence-corrected chi connectivity index (χ0v) is 10.3. The van der Waals surface area contributed by atoms with E-state index in [4.69, 9.17) is 0 Å². The number of benzene rings is 1. The van der Waals surface area contributed by atoms with E-state index in [9.17, 15) is 0 Å². The lowest BCUT2D eigenvalue weighted by Gasteiger charge is -1.99. The molecule has 0 amide bonds. The Labute approximate surface area is 93.2 Å². The summed E-state index contributed by atoms with van der Waals surface area (Å²) in [6.45, 7) is 8.36. The maximum absolute atomic E-state index is 4.56. The van der Waals surface area contributed by atoms with Crippen LogP contribution in [0.3, 0.4) is 0 Å². The minimum absolute atomic E-state index is 1.07. The number of aryl methyl sites for hydroxylation is 1. The molecule has 0 unspecified atom stereocenters. The normalized spacial score (nSPS) is 12.7. The molecule has 0 bridgehead atoms. The van der Waals surface area contributed by atoms with E-state index in [1.807, 2.05) is 13.8 Å². The van der Waals surface area contributed by atoms with Crippen LogP contribution in [0.1, 0.15) is 45.2 Å². The molecule has 0 saturated heterocycles. The van der Waals surface area contributed by atoms with E-state index in [0.717, 1.165) is 19.3 Å². The monoisotopic (exact) mass is 203 g/mol. The Kier molecular flexibility index (Phi) is 4.54. The summed E-state index contributed by atoms with van der Waals surface area (Å²) >= 11 is 0. The molecule has 1 aromatic rings. The zero-order chi connectivity index (χ0) is 11.3. The summed E-state index contributed by atoms with van der Waals surface area (Å²) in [6.07, 6.45) is 3.27. The lowest BCUT2D eigenvalue weighted by atomic mass is 10.0. The molecule has 0 spiro atoms. The summed E-state index contributed by atoms with van der Waals surface area (Å²) in [7, 11) is 0. The first-order chi connectivity index (χ1) is 7.33. The number of nitrogens with zero attached hydrogens (tertiary/aromatic N) is 1. The van der Waals surface area contributed by atoms with Gasteiger partial charge in [0.2, 0.25) is 0 Å². The second kappa shape index (κ2) is 5.69. The predicted molar refractivity (Wildman–Crippen MR) is 68.3 cm³/mol. The largest absolute Gasteiger partial charge is 0.257 e. The maximum atomic E-state index is 4.56. The van der Waals surface area contributed by atoms with E-state index in [1.54, 1.807) is 0 Å². The van der Waals surface area contributed by atoms with E-state index in [-0.39, 0.29) is 0 Å². The van der Waals surface area contributed by atoms with Gasteiger partial charge < -0.3 is 0 Å². The highest BCUT2D eigenvalue weighted by Crippen LogP contribution is 2.28. The Bertz CT molecular complexity index is 350. The highest BCUT2D eigenvalue weighted by Gasteiger charge is 2.12. The summed E-state index contributed by atoms with van der Waals surface area (Å²) in [4.78, 5) is 4.56. The van der Waals surface area contributed by atoms with Gasteiger partial charge in [0.25, 0.3) is 0 Å². The fourth-order valence-electron chi connectivity index (χ4n) is 1.74. The molecule has 1 aliphatic heterocycles. The summed E-state index contributed by atoms with van der Waals surface area (Å²) in [6, 6.07) is 6.62. The van der Waals surface area contributed by atoms with Crippen molar-refractivity contribution in [3.8, 4) is 0 Å². The third kappa shape index (κ3) is 2.68. The third-order valence-electron chi connectivity index (χ3n) is 2.63. The number of hydrogen-bond acceptors (Lipinski definition) is 1. The van der Waals surface area contributed by atoms with Crippen LogP contribution in [-0.2, 0) is 12.8 Å². The van der Waals surface area contributed by atoms with Crippen LogP contribution in [0.2, 0.25) is 0 Å². The van der Waals surface area contributed by atoms with Crippen molar-refractivity contribution < 1.29 is 0 Å². The van der Waals surface area contributed by atoms with Crippen LogP contribution in [-0.4, -0.2) is 5.71 Å². The van der Waals surface area contributed by atoms with Gasteiger partial charge in [0.1, 0.15) is 0 Å². The molecule has 0 aromatic heterocycles. The fourth-order valence-corrected chi connectivity index (χ4v) is 1.74. The quantitative estimate of drug-likeness (QED) is 0.679. The number of rotatable bonds is 2. The second-order valence-corrected chi connectivity index (χ2v) is 3.52. The van der Waals surface area contributed by atoms with Crippen LogP contribution in [0.4, 0.5) is 5.69 Å². The molecule has 0 saturated carbocycles. The first-order valence-electron chi connectivity index (χ1n) is 6.01. The highest BCUT2D eigenvalue weighted by molar-refractivity contribution is 5.93. The maximum Gasteiger partial charge on any atom is 0.0665 e. The molecular weight excluding hydrogens is 182 g/mol. The van der Waals surface area contributed by atoms with Gasteiger partial charge in [-0.15, -0.1) is 0 Å². The summed E-state index contributed by atoms with van der Waals surface area (Å²) < 4.78 is 0. The Balaban J connectivity index is 0.000000531. The van der Waals surface area contributed by atoms with Crippen LogP contribution in [0, 0.1) is 0 Å². The number of fused-ring (bicyclic) bond motifs is 1. The number of aliphatic imine (C=N–C) groups is 1. The molecule has 0 aliphatic carbocycles. The molecule has 1 nitrogen and oxygen atoms in total. The third-order valence-corrected chi connectivity index (χ3v) is 2.63. The zero-order valence-electron chi connectivity index (χ0n) is 10.3. The van der Waals surface area contributed by atoms with Crippen molar-refractivity contribution in [2.45, 2.75) is 47.0 Å². The van der Waals surface area contributed by atoms with Crippen molar-refractivity contribution in [1.82, 2.24) is 0 Å². The Morgan fingerprint density at radius 1 is 1.13 bits per heavy atom. The van der Waals surface area contributed by atoms with Gasteiger partial charge in [0.05, 0.1) is 5.69 Å². The predicted octanol–water partition coefficient (Wildman–Crippen LogP) is 4.31. The lowest BCUT2D eigenvalue weighted by molar-refractivity contribution is 1.13. The Hall–Kier alpha value is -1.11. The van der Waals surface area contributed by atoms with E-state index in [2.05, 4.69) is 37.0 Å². The molecule has 1 aromatic carbocycles. The van der Waals surface area contributed by atoms with Gasteiger partial charge in [-0.1, -0.05) is 39.8 Å². The van der Waals surface area contributed by atoms with Crippen LogP contribution in [0.5, 0.6) is 0 Å². The molecule has 0 N–H and O–H groups in total. The van der Waals surface area contributed by atoms with Crippen LogP contribution >= 0.6 is 0 Å². The van der Waals surface area contributed by atoms with Gasteiger partial charge in [-0.2, -0.15) is 0 Å². The topological polar surface area (TPSA) is 12.4 Å². The molecule has 2 rings (SSSR count). The van der Waals surface area contributed by atoms with Gasteiger partial charge in [-0.05, 0) is 30.0 Å². The molecule has 1 aliphatic rings. The van der Waals surface area contributed by atoms with Crippen molar-refractivity contribution in [2.75, 3.05) is 0 Å². The van der Waals surface area contributed by atoms with E-state index in [1.165, 1.54) is 22.5 Å². The molecule has 15 heavy (non-hydrogen) atoms. The fraction of sp³-hybridized carbons (Fsp3) is 0.500. The molecule has 1 heteroatoms. The van der Waals surface area contributed by atoms with E-state index < -0.39 is 0 Å². The van der Waals surface area contributed by atoms with Gasteiger partial charge in [0.15, 0.2) is 0 Å². The second-order valence-electron chi connectivity index (χ2n) is 3.52. The van der Waals surface area contributed by atoms with Crippen molar-refractivity contribution >= 4 is 11.4 Å². The van der Waals surface area contributed by atoms with Gasteiger partial charge in [0, 0.05) is 12.1 Å². The molecule has 0 radical (unpaired) electrons. The van der Waals surface area contributed by atoms with Crippen molar-refractivity contribution in [1.29, 1.82) is 0 Å². The first-order valence-corrected chi connectivity index (χ1v) is 6.01. The minimum Gasteiger partial charge on any atom is -0.257 e. The average Bonchev–Trinajstić information content (AvgIpc) is 2.73. The molecule has 0 atom stereocenters. The first kappa shape index (κ1) is 12.0. The Morgan fingerprint density at radius 2 is 1.87 bits per heavy atom. The van der Waals surface area contributed by atoms with Gasteiger partial charge in [-0.3, -0.25) is 4.99 Å². The van der Waals surface area contributed by atoms with Crippen molar-refractivity contribution in [3.05, 3.63) is 29.3 Å². The molecule has 0 fully saturated rings. The summed E-state index contributed by atoms with van der Waals surface area (Å²) in [5, 5.41) is 0. The van der Waals surface area contributed by atoms with E-state index in [0.29, 0.717) is 0 Å². The molecule has 82 valence electrons. The SMILES string of the molecule is CC.CCC1=Nc2ccc(CC)cc2C1. The molecular formula is C14H21N.